The molecule has 1 aliphatic rings. The summed E-state index contributed by atoms with van der Waals surface area (Å²) in [5, 5.41) is 0. The van der Waals surface area contributed by atoms with Crippen LogP contribution in [0.15, 0.2) is 29.3 Å². The van der Waals surface area contributed by atoms with E-state index in [0.717, 1.165) is 11.4 Å². The number of hydrogen-bond acceptors (Lipinski definition) is 4. The number of nitrogens with zero attached hydrogens (tertiary/aromatic N) is 1. The van der Waals surface area contributed by atoms with Crippen molar-refractivity contribution in [3.05, 3.63) is 24.3 Å². The highest BCUT2D eigenvalue weighted by Crippen LogP contribution is 2.29. The third-order valence-corrected chi connectivity index (χ3v) is 1.70. The second-order valence-electron chi connectivity index (χ2n) is 2.62. The van der Waals surface area contributed by atoms with Crippen LogP contribution < -0.4 is 10.2 Å². The summed E-state index contributed by atoms with van der Waals surface area (Å²) in [6.45, 7) is 0.421. The van der Waals surface area contributed by atoms with Crippen molar-refractivity contribution in [1.29, 1.82) is 0 Å². The molecule has 2 rings (SSSR count). The van der Waals surface area contributed by atoms with Crippen molar-refractivity contribution in [2.45, 2.75) is 0 Å². The molecule has 0 amide bonds. The van der Waals surface area contributed by atoms with Gasteiger partial charge in [-0.25, -0.2) is 4.99 Å². The quantitative estimate of drug-likeness (QED) is 0.658. The minimum absolute atomic E-state index is 0.421. The number of nitrogens with one attached hydrogen (secondary N) is 1. The average Bonchev–Trinajstić information content (AvgIpc) is 2.18. The van der Waals surface area contributed by atoms with Gasteiger partial charge in [0.25, 0.3) is 0 Å². The van der Waals surface area contributed by atoms with Gasteiger partial charge in [0.2, 0.25) is 0 Å². The molecule has 1 aromatic rings. The summed E-state index contributed by atoms with van der Waals surface area (Å²) < 4.78 is 5.42. The van der Waals surface area contributed by atoms with Crippen LogP contribution in [0, 0.1) is 0 Å². The summed E-state index contributed by atoms with van der Waals surface area (Å²) >= 11 is 0. The zero-order valence-electron chi connectivity index (χ0n) is 7.28. The molecule has 0 fully saturated rings. The standard InChI is InChI=1S/C9H10N2O2/c1-12-11-9-6-13-8-5-3-2-4-7(8)10-9/h2-5H,6H2,1H3,(H,10,11). The second-order valence-corrected chi connectivity index (χ2v) is 2.62. The Bertz CT molecular complexity index is 336. The highest BCUT2D eigenvalue weighted by atomic mass is 16.6. The van der Waals surface area contributed by atoms with Crippen molar-refractivity contribution < 1.29 is 9.57 Å². The van der Waals surface area contributed by atoms with Gasteiger partial charge in [-0.15, -0.1) is 0 Å². The minimum Gasteiger partial charge on any atom is -0.483 e. The van der Waals surface area contributed by atoms with E-state index in [0.29, 0.717) is 12.4 Å². The van der Waals surface area contributed by atoms with Crippen molar-refractivity contribution in [1.82, 2.24) is 5.48 Å². The lowest BCUT2D eigenvalue weighted by Gasteiger charge is -2.16. The van der Waals surface area contributed by atoms with Crippen LogP contribution in [0.3, 0.4) is 0 Å². The molecule has 1 N–H and O–H groups in total. The maximum absolute atomic E-state index is 5.42. The Morgan fingerprint density at radius 3 is 3.15 bits per heavy atom. The van der Waals surface area contributed by atoms with Gasteiger partial charge in [-0.05, 0) is 12.1 Å². The largest absolute Gasteiger partial charge is 0.483 e. The number of fused-ring (bicyclic) bond motifs is 1. The number of para-hydroxylation sites is 2. The van der Waals surface area contributed by atoms with Crippen LogP contribution in [0.2, 0.25) is 0 Å². The van der Waals surface area contributed by atoms with Crippen LogP contribution in [-0.2, 0) is 4.84 Å². The smallest absolute Gasteiger partial charge is 0.164 e. The fraction of sp³-hybridized carbons (Fsp3) is 0.222. The Morgan fingerprint density at radius 2 is 2.31 bits per heavy atom. The number of hydrogen-bond donors (Lipinski definition) is 1. The van der Waals surface area contributed by atoms with Crippen molar-refractivity contribution in [3.63, 3.8) is 0 Å². The summed E-state index contributed by atoms with van der Waals surface area (Å²) in [5.74, 6) is 1.49. The first-order valence-electron chi connectivity index (χ1n) is 3.98. The summed E-state index contributed by atoms with van der Waals surface area (Å²) in [6, 6.07) is 7.62. The van der Waals surface area contributed by atoms with Crippen molar-refractivity contribution >= 4 is 11.5 Å². The first-order valence-corrected chi connectivity index (χ1v) is 3.98. The molecule has 1 heterocycles. The molecule has 0 radical (unpaired) electrons. The number of hydroxylamine groups is 1. The topological polar surface area (TPSA) is 42.8 Å². The number of rotatable bonds is 1. The van der Waals surface area contributed by atoms with Crippen LogP contribution in [-0.4, -0.2) is 19.6 Å². The molecule has 0 aliphatic carbocycles. The van der Waals surface area contributed by atoms with E-state index in [2.05, 4.69) is 10.5 Å². The van der Waals surface area contributed by atoms with Crippen LogP contribution in [0.4, 0.5) is 5.69 Å². The fourth-order valence-corrected chi connectivity index (χ4v) is 1.17. The third-order valence-electron chi connectivity index (χ3n) is 1.70. The van der Waals surface area contributed by atoms with Gasteiger partial charge >= 0.3 is 0 Å². The highest BCUT2D eigenvalue weighted by Gasteiger charge is 2.11. The van der Waals surface area contributed by atoms with Gasteiger partial charge in [0.05, 0.1) is 7.11 Å². The second kappa shape index (κ2) is 3.45. The van der Waals surface area contributed by atoms with Crippen LogP contribution >= 0.6 is 0 Å². The van der Waals surface area contributed by atoms with Crippen LogP contribution in [0.1, 0.15) is 0 Å². The lowest BCUT2D eigenvalue weighted by Crippen LogP contribution is -2.29. The van der Waals surface area contributed by atoms with E-state index in [-0.39, 0.29) is 0 Å². The lowest BCUT2D eigenvalue weighted by atomic mass is 10.3. The predicted molar refractivity (Wildman–Crippen MR) is 49.2 cm³/mol. The van der Waals surface area contributed by atoms with Crippen LogP contribution in [0.25, 0.3) is 0 Å². The van der Waals surface area contributed by atoms with Gasteiger partial charge in [-0.3, -0.25) is 10.3 Å². The van der Waals surface area contributed by atoms with E-state index in [4.69, 9.17) is 9.57 Å². The predicted octanol–water partition coefficient (Wildman–Crippen LogP) is 1.26. The molecule has 0 saturated heterocycles. The van der Waals surface area contributed by atoms with Gasteiger partial charge < -0.3 is 4.74 Å². The Morgan fingerprint density at radius 1 is 1.46 bits per heavy atom. The molecule has 13 heavy (non-hydrogen) atoms. The normalized spacial score (nSPS) is 14.1. The maximum atomic E-state index is 5.42. The zero-order chi connectivity index (χ0) is 9.10. The summed E-state index contributed by atoms with van der Waals surface area (Å²) in [7, 11) is 1.54. The molecule has 0 atom stereocenters. The molecular formula is C9H10N2O2. The molecule has 0 spiro atoms. The van der Waals surface area contributed by atoms with Gasteiger partial charge in [0.15, 0.2) is 5.84 Å². The molecule has 1 aromatic carbocycles. The van der Waals surface area contributed by atoms with Crippen molar-refractivity contribution in [2.75, 3.05) is 13.7 Å². The molecule has 0 saturated carbocycles. The van der Waals surface area contributed by atoms with Gasteiger partial charge in [-0.1, -0.05) is 12.1 Å². The van der Waals surface area contributed by atoms with Gasteiger partial charge in [0, 0.05) is 0 Å². The minimum atomic E-state index is 0.421. The number of benzene rings is 1. The first kappa shape index (κ1) is 8.07. The van der Waals surface area contributed by atoms with Crippen molar-refractivity contribution in [3.8, 4) is 5.75 Å². The fourth-order valence-electron chi connectivity index (χ4n) is 1.17. The van der Waals surface area contributed by atoms with E-state index >= 15 is 0 Å². The first-order chi connectivity index (χ1) is 6.40. The van der Waals surface area contributed by atoms with E-state index in [1.165, 1.54) is 0 Å². The van der Waals surface area contributed by atoms with Gasteiger partial charge in [-0.2, -0.15) is 0 Å². The molecule has 1 aliphatic heterocycles. The SMILES string of the molecule is CONC1=Nc2ccccc2OC1. The van der Waals surface area contributed by atoms with E-state index < -0.39 is 0 Å². The molecule has 4 nitrogen and oxygen atoms in total. The van der Waals surface area contributed by atoms with E-state index in [9.17, 15) is 0 Å². The van der Waals surface area contributed by atoms with Crippen LogP contribution in [0.5, 0.6) is 5.75 Å². The van der Waals surface area contributed by atoms with Crippen molar-refractivity contribution in [2.24, 2.45) is 4.99 Å². The molecular weight excluding hydrogens is 168 g/mol. The summed E-state index contributed by atoms with van der Waals surface area (Å²) in [5.41, 5.74) is 3.48. The highest BCUT2D eigenvalue weighted by molar-refractivity contribution is 5.87. The average molecular weight is 178 g/mol. The molecule has 4 heteroatoms. The molecule has 68 valence electrons. The zero-order valence-corrected chi connectivity index (χ0v) is 7.28. The summed E-state index contributed by atoms with van der Waals surface area (Å²) in [4.78, 5) is 9.03. The summed E-state index contributed by atoms with van der Waals surface area (Å²) in [6.07, 6.45) is 0. The van der Waals surface area contributed by atoms with E-state index in [1.807, 2.05) is 24.3 Å². The maximum Gasteiger partial charge on any atom is 0.164 e. The lowest BCUT2D eigenvalue weighted by molar-refractivity contribution is 0.138. The monoisotopic (exact) mass is 178 g/mol. The third kappa shape index (κ3) is 1.62. The van der Waals surface area contributed by atoms with E-state index in [1.54, 1.807) is 7.11 Å². The Kier molecular flexibility index (Phi) is 2.14. The Hall–Kier alpha value is -1.55. The Labute approximate surface area is 76.1 Å². The number of aliphatic imine (C=N–C) groups is 1. The molecule has 0 unspecified atom stereocenters. The molecule has 0 aromatic heterocycles. The Balaban J connectivity index is 2.28. The molecule has 0 bridgehead atoms. The van der Waals surface area contributed by atoms with Gasteiger partial charge in [0.1, 0.15) is 18.0 Å². The number of amidine groups is 1. The number of ether oxygens (including phenoxy) is 1.